The summed E-state index contributed by atoms with van der Waals surface area (Å²) in [4.78, 5) is 1.14. The molecule has 0 atom stereocenters. The fourth-order valence-electron chi connectivity index (χ4n) is 1.99. The van der Waals surface area contributed by atoms with Gasteiger partial charge in [0.2, 0.25) is 0 Å². The number of ether oxygens (including phenoxy) is 1. The molecule has 2 nitrogen and oxygen atoms in total. The van der Waals surface area contributed by atoms with Crippen LogP contribution in [0.3, 0.4) is 0 Å². The molecule has 1 aromatic heterocycles. The van der Waals surface area contributed by atoms with Crippen LogP contribution in [0.25, 0.3) is 0 Å². The summed E-state index contributed by atoms with van der Waals surface area (Å²) >= 11 is 1.67. The first-order chi connectivity index (χ1) is 10.3. The lowest BCUT2D eigenvalue weighted by atomic mass is 10.1. The lowest BCUT2D eigenvalue weighted by Gasteiger charge is -2.06. The van der Waals surface area contributed by atoms with E-state index in [2.05, 4.69) is 30.9 Å². The maximum absolute atomic E-state index is 5.84. The van der Waals surface area contributed by atoms with Crippen LogP contribution in [-0.2, 0) is 13.0 Å². The van der Waals surface area contributed by atoms with Crippen LogP contribution in [0.2, 0.25) is 0 Å². The summed E-state index contributed by atoms with van der Waals surface area (Å²) in [6.07, 6.45) is 3.60. The SMILES string of the molecule is CCCCc1ccc(OCc2sccc2C#CCN)cc1. The molecule has 0 aliphatic heterocycles. The highest BCUT2D eigenvalue weighted by atomic mass is 32.1. The molecule has 0 spiro atoms. The highest BCUT2D eigenvalue weighted by Gasteiger charge is 2.03. The zero-order valence-corrected chi connectivity index (χ0v) is 13.2. The lowest BCUT2D eigenvalue weighted by Crippen LogP contribution is -1.96. The Bertz CT molecular complexity index is 604. The van der Waals surface area contributed by atoms with Gasteiger partial charge in [-0.2, -0.15) is 0 Å². The number of thiophene rings is 1. The summed E-state index contributed by atoms with van der Waals surface area (Å²) in [6.45, 7) is 3.15. The fraction of sp³-hybridized carbons (Fsp3) is 0.333. The van der Waals surface area contributed by atoms with E-state index in [-0.39, 0.29) is 0 Å². The van der Waals surface area contributed by atoms with Crippen LogP contribution in [-0.4, -0.2) is 6.54 Å². The molecular formula is C18H21NOS. The number of rotatable bonds is 6. The first-order valence-corrected chi connectivity index (χ1v) is 8.18. The van der Waals surface area contributed by atoms with Gasteiger partial charge in [-0.15, -0.1) is 11.3 Å². The molecule has 0 aliphatic carbocycles. The van der Waals surface area contributed by atoms with E-state index in [1.165, 1.54) is 18.4 Å². The largest absolute Gasteiger partial charge is 0.488 e. The summed E-state index contributed by atoms with van der Waals surface area (Å²) in [5, 5.41) is 2.03. The second-order valence-corrected chi connectivity index (χ2v) is 5.80. The summed E-state index contributed by atoms with van der Waals surface area (Å²) in [6, 6.07) is 10.4. The standard InChI is InChI=1S/C18H21NOS/c1-2-3-5-15-7-9-17(10-8-15)20-14-18-16(6-4-12-19)11-13-21-18/h7-11,13H,2-3,5,12,14,19H2,1H3. The van der Waals surface area contributed by atoms with Crippen LogP contribution in [0.15, 0.2) is 35.7 Å². The van der Waals surface area contributed by atoms with E-state index in [4.69, 9.17) is 10.5 Å². The molecule has 0 bridgehead atoms. The van der Waals surface area contributed by atoms with E-state index in [9.17, 15) is 0 Å². The summed E-state index contributed by atoms with van der Waals surface area (Å²) in [5.74, 6) is 6.87. The van der Waals surface area contributed by atoms with Gasteiger partial charge in [-0.1, -0.05) is 37.3 Å². The van der Waals surface area contributed by atoms with E-state index >= 15 is 0 Å². The number of hydrogen-bond donors (Lipinski definition) is 1. The average molecular weight is 299 g/mol. The van der Waals surface area contributed by atoms with Crippen LogP contribution in [0, 0.1) is 11.8 Å². The minimum atomic E-state index is 0.384. The van der Waals surface area contributed by atoms with Crippen molar-refractivity contribution in [3.8, 4) is 17.6 Å². The Morgan fingerprint density at radius 3 is 2.71 bits per heavy atom. The zero-order valence-electron chi connectivity index (χ0n) is 12.4. The average Bonchev–Trinajstić information content (AvgIpc) is 2.97. The van der Waals surface area contributed by atoms with Crippen molar-refractivity contribution in [1.29, 1.82) is 0 Å². The van der Waals surface area contributed by atoms with Crippen molar-refractivity contribution in [3.63, 3.8) is 0 Å². The predicted molar refractivity (Wildman–Crippen MR) is 89.6 cm³/mol. The Labute approximate surface area is 131 Å². The van der Waals surface area contributed by atoms with Crippen LogP contribution in [0.1, 0.15) is 35.8 Å². The Hall–Kier alpha value is -1.76. The normalized spacial score (nSPS) is 10.0. The van der Waals surface area contributed by atoms with Crippen molar-refractivity contribution < 1.29 is 4.74 Å². The van der Waals surface area contributed by atoms with Gasteiger partial charge in [0.05, 0.1) is 11.4 Å². The molecule has 0 fully saturated rings. The molecule has 1 aromatic carbocycles. The predicted octanol–water partition coefficient (Wildman–Crippen LogP) is 3.98. The molecule has 0 radical (unpaired) electrons. The third-order valence-electron chi connectivity index (χ3n) is 3.18. The second kappa shape index (κ2) is 8.51. The van der Waals surface area contributed by atoms with Gasteiger partial charge in [0, 0.05) is 5.56 Å². The zero-order chi connectivity index (χ0) is 14.9. The van der Waals surface area contributed by atoms with Crippen LogP contribution in [0.4, 0.5) is 0 Å². The van der Waals surface area contributed by atoms with E-state index in [1.54, 1.807) is 11.3 Å². The first kappa shape index (κ1) is 15.6. The van der Waals surface area contributed by atoms with Gasteiger partial charge in [0.15, 0.2) is 0 Å². The number of aryl methyl sites for hydroxylation is 1. The van der Waals surface area contributed by atoms with E-state index in [1.807, 2.05) is 23.6 Å². The van der Waals surface area contributed by atoms with Gasteiger partial charge in [-0.25, -0.2) is 0 Å². The lowest BCUT2D eigenvalue weighted by molar-refractivity contribution is 0.309. The van der Waals surface area contributed by atoms with Crippen molar-refractivity contribution >= 4 is 11.3 Å². The summed E-state index contributed by atoms with van der Waals surface area (Å²) < 4.78 is 5.84. The quantitative estimate of drug-likeness (QED) is 0.819. The highest BCUT2D eigenvalue weighted by molar-refractivity contribution is 7.10. The Kier molecular flexibility index (Phi) is 6.33. The third-order valence-corrected chi connectivity index (χ3v) is 4.08. The van der Waals surface area contributed by atoms with Crippen molar-refractivity contribution in [2.45, 2.75) is 32.8 Å². The Morgan fingerprint density at radius 2 is 2.00 bits per heavy atom. The number of nitrogens with two attached hydrogens (primary N) is 1. The second-order valence-electron chi connectivity index (χ2n) is 4.80. The minimum absolute atomic E-state index is 0.384. The van der Waals surface area contributed by atoms with Gasteiger partial charge in [-0.3, -0.25) is 0 Å². The summed E-state index contributed by atoms with van der Waals surface area (Å²) in [5.41, 5.74) is 7.80. The molecule has 110 valence electrons. The van der Waals surface area contributed by atoms with Gasteiger partial charge in [-0.05, 0) is 42.0 Å². The van der Waals surface area contributed by atoms with Gasteiger partial charge in [0.25, 0.3) is 0 Å². The van der Waals surface area contributed by atoms with E-state index in [0.29, 0.717) is 13.2 Å². The van der Waals surface area contributed by atoms with E-state index < -0.39 is 0 Å². The molecule has 3 heteroatoms. The molecular weight excluding hydrogens is 278 g/mol. The van der Waals surface area contributed by atoms with Gasteiger partial charge in [0.1, 0.15) is 12.4 Å². The molecule has 0 saturated carbocycles. The maximum atomic E-state index is 5.84. The Morgan fingerprint density at radius 1 is 1.19 bits per heavy atom. The van der Waals surface area contributed by atoms with Crippen LogP contribution < -0.4 is 10.5 Å². The molecule has 1 heterocycles. The van der Waals surface area contributed by atoms with Crippen LogP contribution >= 0.6 is 11.3 Å². The molecule has 0 saturated heterocycles. The molecule has 21 heavy (non-hydrogen) atoms. The van der Waals surface area contributed by atoms with Crippen molar-refractivity contribution in [2.24, 2.45) is 5.73 Å². The van der Waals surface area contributed by atoms with Gasteiger partial charge >= 0.3 is 0 Å². The molecule has 2 N–H and O–H groups in total. The fourth-order valence-corrected chi connectivity index (χ4v) is 2.73. The maximum Gasteiger partial charge on any atom is 0.124 e. The van der Waals surface area contributed by atoms with Crippen molar-refractivity contribution in [1.82, 2.24) is 0 Å². The monoisotopic (exact) mass is 299 g/mol. The summed E-state index contributed by atoms with van der Waals surface area (Å²) in [7, 11) is 0. The molecule has 2 aromatic rings. The number of hydrogen-bond acceptors (Lipinski definition) is 3. The molecule has 0 aliphatic rings. The topological polar surface area (TPSA) is 35.2 Å². The van der Waals surface area contributed by atoms with Crippen LogP contribution in [0.5, 0.6) is 5.75 Å². The van der Waals surface area contributed by atoms with E-state index in [0.717, 1.165) is 22.6 Å². The highest BCUT2D eigenvalue weighted by Crippen LogP contribution is 2.20. The third kappa shape index (κ3) is 4.93. The molecule has 2 rings (SSSR count). The Balaban J connectivity index is 1.92. The number of unbranched alkanes of at least 4 members (excludes halogenated alkanes) is 1. The van der Waals surface area contributed by atoms with Gasteiger partial charge < -0.3 is 10.5 Å². The minimum Gasteiger partial charge on any atom is -0.488 e. The molecule has 0 amide bonds. The van der Waals surface area contributed by atoms with Crippen molar-refractivity contribution in [3.05, 3.63) is 51.7 Å². The van der Waals surface area contributed by atoms with Crippen molar-refractivity contribution in [2.75, 3.05) is 6.54 Å². The molecule has 0 unspecified atom stereocenters. The smallest absolute Gasteiger partial charge is 0.124 e. The number of benzene rings is 1. The first-order valence-electron chi connectivity index (χ1n) is 7.30.